The molecular weight excluding hydrogens is 188 g/mol. The molecule has 0 spiro atoms. The third kappa shape index (κ3) is 2.45. The maximum Gasteiger partial charge on any atom is 0.0717 e. The average Bonchev–Trinajstić information content (AvgIpc) is 2.13. The summed E-state index contributed by atoms with van der Waals surface area (Å²) in [6, 6.07) is 3.94. The molecule has 0 aliphatic heterocycles. The zero-order chi connectivity index (χ0) is 9.84. The van der Waals surface area contributed by atoms with Gasteiger partial charge in [0.2, 0.25) is 0 Å². The molecule has 4 heteroatoms. The highest BCUT2D eigenvalue weighted by molar-refractivity contribution is 7.94. The number of aryl methyl sites for hydroxylation is 1. The lowest BCUT2D eigenvalue weighted by Crippen LogP contribution is -1.89. The first-order valence-corrected chi connectivity index (χ1v) is 4.62. The molecule has 1 rings (SSSR count). The molecule has 0 amide bonds. The molecule has 0 saturated heterocycles. The van der Waals surface area contributed by atoms with E-state index < -0.39 is 0 Å². The second kappa shape index (κ2) is 4.62. The van der Waals surface area contributed by atoms with Crippen molar-refractivity contribution in [1.82, 2.24) is 0 Å². The molecule has 0 fully saturated rings. The number of benzene rings is 1. The summed E-state index contributed by atoms with van der Waals surface area (Å²) in [5, 5.41) is 11.5. The predicted molar refractivity (Wildman–Crippen MR) is 51.3 cm³/mol. The Kier molecular flexibility index (Phi) is 3.74. The summed E-state index contributed by atoms with van der Waals surface area (Å²) < 4.78 is 4.37. The Balaban J connectivity index is 2.90. The van der Waals surface area contributed by atoms with E-state index in [0.717, 1.165) is 22.5 Å². The van der Waals surface area contributed by atoms with E-state index in [1.807, 2.05) is 19.1 Å². The van der Waals surface area contributed by atoms with Crippen LogP contribution in [0.3, 0.4) is 0 Å². The third-order valence-corrected chi connectivity index (χ3v) is 2.91. The second-order valence-corrected chi connectivity index (χ2v) is 3.60. The summed E-state index contributed by atoms with van der Waals surface area (Å²) in [5.41, 5.74) is 3.61. The van der Waals surface area contributed by atoms with E-state index in [1.54, 1.807) is 0 Å². The second-order valence-electron chi connectivity index (χ2n) is 2.86. The first-order chi connectivity index (χ1) is 6.16. The Bertz CT molecular complexity index is 299. The summed E-state index contributed by atoms with van der Waals surface area (Å²) in [6.07, 6.45) is 0. The van der Waals surface area contributed by atoms with E-state index in [9.17, 15) is 0 Å². The summed E-state index contributed by atoms with van der Waals surface area (Å²) in [6.45, 7) is 6.11. The first-order valence-electron chi connectivity index (χ1n) is 3.88. The van der Waals surface area contributed by atoms with Gasteiger partial charge in [-0.25, -0.2) is 5.26 Å². The van der Waals surface area contributed by atoms with Gasteiger partial charge in [-0.2, -0.15) is 0 Å². The van der Waals surface area contributed by atoms with Crippen LogP contribution in [0.2, 0.25) is 0 Å². The molecule has 0 atom stereocenters. The Labute approximate surface area is 81.7 Å². The van der Waals surface area contributed by atoms with E-state index >= 15 is 0 Å². The molecular formula is C9H12O3S. The van der Waals surface area contributed by atoms with Crippen molar-refractivity contribution in [3.63, 3.8) is 0 Å². The molecule has 0 bridgehead atoms. The zero-order valence-electron chi connectivity index (χ0n) is 7.83. The maximum atomic E-state index is 8.00. The standard InChI is InChI=1S/C9H12O3S/c1-6-4-5-9(13-12-11-10)8(3)7(6)2/h4-5,10H,1-3H3. The number of hydrogen-bond acceptors (Lipinski definition) is 4. The molecule has 3 nitrogen and oxygen atoms in total. The zero-order valence-corrected chi connectivity index (χ0v) is 8.64. The average molecular weight is 200 g/mol. The largest absolute Gasteiger partial charge is 0.220 e. The van der Waals surface area contributed by atoms with Crippen LogP contribution in [0.4, 0.5) is 0 Å². The lowest BCUT2D eigenvalue weighted by molar-refractivity contribution is -0.432. The van der Waals surface area contributed by atoms with Gasteiger partial charge < -0.3 is 0 Å². The molecule has 0 aliphatic rings. The van der Waals surface area contributed by atoms with Crippen LogP contribution in [-0.2, 0) is 9.37 Å². The topological polar surface area (TPSA) is 38.7 Å². The Morgan fingerprint density at radius 1 is 1.15 bits per heavy atom. The van der Waals surface area contributed by atoms with Crippen molar-refractivity contribution in [1.29, 1.82) is 0 Å². The molecule has 0 saturated carbocycles. The number of rotatable bonds is 3. The minimum Gasteiger partial charge on any atom is -0.220 e. The van der Waals surface area contributed by atoms with Gasteiger partial charge in [0.05, 0.1) is 12.0 Å². The van der Waals surface area contributed by atoms with Gasteiger partial charge in [-0.3, -0.25) is 0 Å². The fraction of sp³-hybridized carbons (Fsp3) is 0.333. The molecule has 1 N–H and O–H groups in total. The van der Waals surface area contributed by atoms with Crippen LogP contribution in [0.5, 0.6) is 0 Å². The SMILES string of the molecule is Cc1ccc(SOOO)c(C)c1C. The molecule has 13 heavy (non-hydrogen) atoms. The summed E-state index contributed by atoms with van der Waals surface area (Å²) >= 11 is 0.998. The van der Waals surface area contributed by atoms with Gasteiger partial charge in [0.25, 0.3) is 0 Å². The number of hydrogen-bond donors (Lipinski definition) is 1. The van der Waals surface area contributed by atoms with Crippen molar-refractivity contribution in [3.8, 4) is 0 Å². The van der Waals surface area contributed by atoms with Crippen LogP contribution < -0.4 is 0 Å². The van der Waals surface area contributed by atoms with E-state index in [-0.39, 0.29) is 0 Å². The van der Waals surface area contributed by atoms with Crippen molar-refractivity contribution in [2.24, 2.45) is 0 Å². The van der Waals surface area contributed by atoms with Gasteiger partial charge in [-0.15, -0.1) is 4.33 Å². The molecule has 1 aromatic rings. The van der Waals surface area contributed by atoms with Crippen LogP contribution in [0.25, 0.3) is 0 Å². The van der Waals surface area contributed by atoms with Crippen molar-refractivity contribution < 1.29 is 14.6 Å². The van der Waals surface area contributed by atoms with Gasteiger partial charge in [-0.1, -0.05) is 11.1 Å². The fourth-order valence-corrected chi connectivity index (χ4v) is 1.58. The summed E-state index contributed by atoms with van der Waals surface area (Å²) in [4.78, 5) is 0.942. The van der Waals surface area contributed by atoms with Gasteiger partial charge in [0.1, 0.15) is 0 Å². The smallest absolute Gasteiger partial charge is 0.0717 e. The van der Waals surface area contributed by atoms with Crippen molar-refractivity contribution in [3.05, 3.63) is 28.8 Å². The van der Waals surface area contributed by atoms with E-state index in [1.165, 1.54) is 11.1 Å². The van der Waals surface area contributed by atoms with Crippen LogP contribution in [0, 0.1) is 20.8 Å². The summed E-state index contributed by atoms with van der Waals surface area (Å²) in [7, 11) is 0. The van der Waals surface area contributed by atoms with E-state index in [0.29, 0.717) is 0 Å². The normalized spacial score (nSPS) is 10.5. The predicted octanol–water partition coefficient (Wildman–Crippen LogP) is 3.04. The highest BCUT2D eigenvalue weighted by atomic mass is 32.2. The molecule has 0 unspecified atom stereocenters. The van der Waals surface area contributed by atoms with Crippen LogP contribution in [-0.4, -0.2) is 5.26 Å². The molecule has 0 heterocycles. The molecule has 1 aromatic carbocycles. The van der Waals surface area contributed by atoms with Crippen LogP contribution in [0.1, 0.15) is 16.7 Å². The minimum atomic E-state index is 0.942. The summed E-state index contributed by atoms with van der Waals surface area (Å²) in [5.74, 6) is 0. The monoisotopic (exact) mass is 200 g/mol. The highest BCUT2D eigenvalue weighted by Gasteiger charge is 2.04. The third-order valence-electron chi connectivity index (χ3n) is 2.16. The van der Waals surface area contributed by atoms with Crippen molar-refractivity contribution in [2.75, 3.05) is 0 Å². The Hall–Kier alpha value is -0.550. The quantitative estimate of drug-likeness (QED) is 0.462. The van der Waals surface area contributed by atoms with Gasteiger partial charge in [0, 0.05) is 4.90 Å². The van der Waals surface area contributed by atoms with Crippen LogP contribution in [0.15, 0.2) is 17.0 Å². The lowest BCUT2D eigenvalue weighted by atomic mass is 10.1. The highest BCUT2D eigenvalue weighted by Crippen LogP contribution is 2.26. The molecule has 0 aromatic heterocycles. The Morgan fingerprint density at radius 2 is 1.85 bits per heavy atom. The molecule has 0 radical (unpaired) electrons. The minimum absolute atomic E-state index is 0.942. The Morgan fingerprint density at radius 3 is 2.46 bits per heavy atom. The molecule has 0 aliphatic carbocycles. The van der Waals surface area contributed by atoms with Crippen LogP contribution >= 0.6 is 12.0 Å². The van der Waals surface area contributed by atoms with Gasteiger partial charge in [-0.05, 0) is 43.5 Å². The van der Waals surface area contributed by atoms with Crippen molar-refractivity contribution >= 4 is 12.0 Å². The van der Waals surface area contributed by atoms with Crippen molar-refractivity contribution in [2.45, 2.75) is 25.7 Å². The lowest BCUT2D eigenvalue weighted by Gasteiger charge is -2.08. The first kappa shape index (κ1) is 10.5. The van der Waals surface area contributed by atoms with E-state index in [2.05, 4.69) is 23.2 Å². The van der Waals surface area contributed by atoms with Gasteiger partial charge >= 0.3 is 0 Å². The maximum absolute atomic E-state index is 8.00. The van der Waals surface area contributed by atoms with E-state index in [4.69, 9.17) is 5.26 Å². The fourth-order valence-electron chi connectivity index (χ4n) is 1.07. The molecule has 72 valence electrons. The van der Waals surface area contributed by atoms with Gasteiger partial charge in [0.15, 0.2) is 0 Å².